The Hall–Kier alpha value is -1.09. The lowest BCUT2D eigenvalue weighted by Gasteiger charge is -2.10. The van der Waals surface area contributed by atoms with Gasteiger partial charge >= 0.3 is 0 Å². The Balaban J connectivity index is 1.80. The maximum absolute atomic E-state index is 6.03. The Morgan fingerprint density at radius 1 is 0.895 bits per heavy atom. The fourth-order valence-electron chi connectivity index (χ4n) is 1.52. The number of anilines is 1. The van der Waals surface area contributed by atoms with Gasteiger partial charge in [-0.15, -0.1) is 0 Å². The molecule has 0 fully saturated rings. The number of benzene rings is 2. The van der Waals surface area contributed by atoms with Crippen molar-refractivity contribution in [3.05, 3.63) is 57.5 Å². The number of hydrogen-bond donors (Lipinski definition) is 1. The van der Waals surface area contributed by atoms with Gasteiger partial charge in [0.2, 0.25) is 0 Å². The summed E-state index contributed by atoms with van der Waals surface area (Å²) in [7, 11) is 0. The Labute approximate surface area is 127 Å². The Kier molecular flexibility index (Phi) is 5.20. The maximum Gasteiger partial charge on any atom is 0.119 e. The molecule has 5 heteroatoms. The van der Waals surface area contributed by atoms with Crippen molar-refractivity contribution in [1.82, 2.24) is 0 Å². The number of nitrogens with one attached hydrogen (secondary N) is 1. The summed E-state index contributed by atoms with van der Waals surface area (Å²) < 4.78 is 5.56. The average Bonchev–Trinajstić information content (AvgIpc) is 2.40. The van der Waals surface area contributed by atoms with Crippen LogP contribution in [0.15, 0.2) is 42.5 Å². The van der Waals surface area contributed by atoms with Gasteiger partial charge in [-0.1, -0.05) is 34.8 Å². The van der Waals surface area contributed by atoms with Crippen LogP contribution in [0.1, 0.15) is 0 Å². The molecule has 0 saturated heterocycles. The molecular formula is C14H12Cl3NO. The monoisotopic (exact) mass is 315 g/mol. The van der Waals surface area contributed by atoms with Gasteiger partial charge in [0.1, 0.15) is 12.4 Å². The standard InChI is InChI=1S/C14H12Cl3NO/c15-10-1-4-12(5-2-10)19-8-7-18-14-9-11(16)3-6-13(14)17/h1-6,9,18H,7-8H2. The van der Waals surface area contributed by atoms with E-state index in [1.54, 1.807) is 30.3 Å². The normalized spacial score (nSPS) is 10.3. The number of halogens is 3. The summed E-state index contributed by atoms with van der Waals surface area (Å²) >= 11 is 17.7. The van der Waals surface area contributed by atoms with E-state index in [-0.39, 0.29) is 0 Å². The van der Waals surface area contributed by atoms with Crippen molar-refractivity contribution in [2.45, 2.75) is 0 Å². The van der Waals surface area contributed by atoms with Crippen molar-refractivity contribution in [2.24, 2.45) is 0 Å². The molecule has 0 heterocycles. The van der Waals surface area contributed by atoms with Crippen LogP contribution in [0.2, 0.25) is 15.1 Å². The van der Waals surface area contributed by atoms with Gasteiger partial charge in [0, 0.05) is 16.6 Å². The molecule has 19 heavy (non-hydrogen) atoms. The van der Waals surface area contributed by atoms with Crippen LogP contribution in [-0.2, 0) is 0 Å². The van der Waals surface area contributed by atoms with Crippen LogP contribution in [0.4, 0.5) is 5.69 Å². The molecule has 0 aromatic heterocycles. The highest BCUT2D eigenvalue weighted by molar-refractivity contribution is 6.35. The first-order valence-electron chi connectivity index (χ1n) is 5.72. The molecule has 2 aromatic rings. The summed E-state index contributed by atoms with van der Waals surface area (Å²) in [4.78, 5) is 0. The molecule has 0 aliphatic carbocycles. The molecule has 0 aliphatic rings. The minimum atomic E-state index is 0.518. The first-order valence-corrected chi connectivity index (χ1v) is 6.86. The predicted molar refractivity (Wildman–Crippen MR) is 81.9 cm³/mol. The first-order chi connectivity index (χ1) is 9.15. The van der Waals surface area contributed by atoms with E-state index in [9.17, 15) is 0 Å². The van der Waals surface area contributed by atoms with Crippen molar-refractivity contribution in [2.75, 3.05) is 18.5 Å². The SMILES string of the molecule is Clc1ccc(OCCNc2cc(Cl)ccc2Cl)cc1. The van der Waals surface area contributed by atoms with Crippen molar-refractivity contribution in [3.8, 4) is 5.75 Å². The molecular weight excluding hydrogens is 305 g/mol. The highest BCUT2D eigenvalue weighted by Crippen LogP contribution is 2.25. The van der Waals surface area contributed by atoms with E-state index < -0.39 is 0 Å². The van der Waals surface area contributed by atoms with E-state index in [2.05, 4.69) is 5.32 Å². The predicted octanol–water partition coefficient (Wildman–Crippen LogP) is 5.14. The second-order valence-electron chi connectivity index (χ2n) is 3.85. The van der Waals surface area contributed by atoms with Crippen LogP contribution in [0.3, 0.4) is 0 Å². The van der Waals surface area contributed by atoms with Crippen LogP contribution >= 0.6 is 34.8 Å². The van der Waals surface area contributed by atoms with Crippen LogP contribution < -0.4 is 10.1 Å². The van der Waals surface area contributed by atoms with E-state index >= 15 is 0 Å². The molecule has 0 radical (unpaired) electrons. The van der Waals surface area contributed by atoms with E-state index in [0.29, 0.717) is 28.2 Å². The summed E-state index contributed by atoms with van der Waals surface area (Å²) in [6, 6.07) is 12.5. The zero-order valence-electron chi connectivity index (χ0n) is 10.00. The van der Waals surface area contributed by atoms with Crippen LogP contribution in [-0.4, -0.2) is 13.2 Å². The highest BCUT2D eigenvalue weighted by atomic mass is 35.5. The lowest BCUT2D eigenvalue weighted by Crippen LogP contribution is -2.11. The van der Waals surface area contributed by atoms with Crippen molar-refractivity contribution in [3.63, 3.8) is 0 Å². The molecule has 0 unspecified atom stereocenters. The summed E-state index contributed by atoms with van der Waals surface area (Å²) in [5, 5.41) is 5.14. The molecule has 2 rings (SSSR count). The molecule has 2 aromatic carbocycles. The van der Waals surface area contributed by atoms with E-state index in [1.165, 1.54) is 0 Å². The fourth-order valence-corrected chi connectivity index (χ4v) is 2.00. The lowest BCUT2D eigenvalue weighted by atomic mass is 10.3. The minimum Gasteiger partial charge on any atom is -0.492 e. The van der Waals surface area contributed by atoms with Crippen LogP contribution in [0.5, 0.6) is 5.75 Å². The smallest absolute Gasteiger partial charge is 0.119 e. The van der Waals surface area contributed by atoms with Crippen molar-refractivity contribution < 1.29 is 4.74 Å². The lowest BCUT2D eigenvalue weighted by molar-refractivity contribution is 0.333. The quantitative estimate of drug-likeness (QED) is 0.771. The molecule has 0 aliphatic heterocycles. The third-order valence-electron chi connectivity index (χ3n) is 2.43. The van der Waals surface area contributed by atoms with Gasteiger partial charge in [0.15, 0.2) is 0 Å². The van der Waals surface area contributed by atoms with E-state index in [0.717, 1.165) is 11.4 Å². The zero-order valence-corrected chi connectivity index (χ0v) is 12.3. The molecule has 0 amide bonds. The Morgan fingerprint density at radius 3 is 2.32 bits per heavy atom. The topological polar surface area (TPSA) is 21.3 Å². The average molecular weight is 317 g/mol. The van der Waals surface area contributed by atoms with Crippen LogP contribution in [0, 0.1) is 0 Å². The van der Waals surface area contributed by atoms with Gasteiger partial charge in [-0.05, 0) is 42.5 Å². The van der Waals surface area contributed by atoms with E-state index in [4.69, 9.17) is 39.5 Å². The third kappa shape index (κ3) is 4.50. The second kappa shape index (κ2) is 6.90. The molecule has 0 spiro atoms. The summed E-state index contributed by atoms with van der Waals surface area (Å²) in [5.74, 6) is 0.781. The van der Waals surface area contributed by atoms with E-state index in [1.807, 2.05) is 12.1 Å². The Morgan fingerprint density at radius 2 is 1.58 bits per heavy atom. The zero-order chi connectivity index (χ0) is 13.7. The van der Waals surface area contributed by atoms with Gasteiger partial charge in [-0.25, -0.2) is 0 Å². The third-order valence-corrected chi connectivity index (χ3v) is 3.24. The molecule has 100 valence electrons. The van der Waals surface area contributed by atoms with Gasteiger partial charge < -0.3 is 10.1 Å². The molecule has 0 atom stereocenters. The van der Waals surface area contributed by atoms with Crippen LogP contribution in [0.25, 0.3) is 0 Å². The highest BCUT2D eigenvalue weighted by Gasteiger charge is 2.00. The minimum absolute atomic E-state index is 0.518. The van der Waals surface area contributed by atoms with Gasteiger partial charge in [-0.3, -0.25) is 0 Å². The van der Waals surface area contributed by atoms with Gasteiger partial charge in [0.05, 0.1) is 10.7 Å². The summed E-state index contributed by atoms with van der Waals surface area (Å²) in [6.45, 7) is 1.15. The summed E-state index contributed by atoms with van der Waals surface area (Å²) in [6.07, 6.45) is 0. The Bertz CT molecular complexity index is 543. The maximum atomic E-state index is 6.03. The number of hydrogen-bond acceptors (Lipinski definition) is 2. The molecule has 1 N–H and O–H groups in total. The first kappa shape index (κ1) is 14.3. The number of rotatable bonds is 5. The largest absolute Gasteiger partial charge is 0.492 e. The van der Waals surface area contributed by atoms with Gasteiger partial charge in [0.25, 0.3) is 0 Å². The van der Waals surface area contributed by atoms with Crippen molar-refractivity contribution in [1.29, 1.82) is 0 Å². The second-order valence-corrected chi connectivity index (χ2v) is 5.13. The fraction of sp³-hybridized carbons (Fsp3) is 0.143. The molecule has 0 saturated carbocycles. The van der Waals surface area contributed by atoms with Gasteiger partial charge in [-0.2, -0.15) is 0 Å². The molecule has 0 bridgehead atoms. The molecule has 2 nitrogen and oxygen atoms in total. The number of ether oxygens (including phenoxy) is 1. The van der Waals surface area contributed by atoms with Crippen molar-refractivity contribution >= 4 is 40.5 Å². The summed E-state index contributed by atoms with van der Waals surface area (Å²) in [5.41, 5.74) is 0.800.